The van der Waals surface area contributed by atoms with Crippen LogP contribution in [-0.4, -0.2) is 73.1 Å². The van der Waals surface area contributed by atoms with Crippen molar-refractivity contribution in [2.45, 2.75) is 78.4 Å². The van der Waals surface area contributed by atoms with E-state index < -0.39 is 73.1 Å². The third kappa shape index (κ3) is 6.19. The van der Waals surface area contributed by atoms with Gasteiger partial charge in [0.15, 0.2) is 18.3 Å². The number of Topliss-reactive ketones (excluding diaryl/α,β-unsaturated/α-hetero) is 1. The second kappa shape index (κ2) is 10.4. The van der Waals surface area contributed by atoms with Gasteiger partial charge in [0, 0.05) is 27.7 Å². The molecule has 2 aliphatic heterocycles. The van der Waals surface area contributed by atoms with Crippen molar-refractivity contribution in [3.63, 3.8) is 0 Å². The van der Waals surface area contributed by atoms with E-state index in [0.29, 0.717) is 0 Å². The van der Waals surface area contributed by atoms with Gasteiger partial charge in [-0.25, -0.2) is 0 Å². The first-order chi connectivity index (χ1) is 14.9. The Morgan fingerprint density at radius 2 is 1.38 bits per heavy atom. The minimum atomic E-state index is -1.49. The maximum absolute atomic E-state index is 12.4. The molecule has 0 aromatic heterocycles. The summed E-state index contributed by atoms with van der Waals surface area (Å²) in [5.41, 5.74) is 0. The second-order valence-electron chi connectivity index (χ2n) is 7.20. The van der Waals surface area contributed by atoms with Gasteiger partial charge >= 0.3 is 23.9 Å². The van der Waals surface area contributed by atoms with Crippen LogP contribution in [0.2, 0.25) is 0 Å². The number of rotatable bonds is 7. The molecular weight excluding hydrogens is 432 g/mol. The number of carbonyl (C=O) groups is 5. The molecule has 1 saturated heterocycles. The van der Waals surface area contributed by atoms with Crippen molar-refractivity contribution in [1.82, 2.24) is 0 Å². The Bertz CT molecular complexity index is 815. The molecule has 0 N–H and O–H groups in total. The molecule has 0 aliphatic carbocycles. The summed E-state index contributed by atoms with van der Waals surface area (Å²) >= 11 is 0. The lowest BCUT2D eigenvalue weighted by molar-refractivity contribution is -0.299. The van der Waals surface area contributed by atoms with Crippen LogP contribution in [0.15, 0.2) is 11.5 Å². The van der Waals surface area contributed by atoms with E-state index in [2.05, 4.69) is 0 Å². The molecule has 32 heavy (non-hydrogen) atoms. The van der Waals surface area contributed by atoms with Crippen molar-refractivity contribution in [1.29, 1.82) is 0 Å². The first-order valence-electron chi connectivity index (χ1n) is 9.79. The Labute approximate surface area is 184 Å². The van der Waals surface area contributed by atoms with E-state index in [0.717, 1.165) is 27.7 Å². The van der Waals surface area contributed by atoms with Crippen LogP contribution < -0.4 is 0 Å². The SMILES string of the molecule is CC(=O)OCC1OC(OC2=C(C)OC(C)C2=O)C(OC(C)=O)C(OC(C)=O)C1OC(C)=O. The molecule has 2 rings (SSSR count). The molecule has 2 aliphatic rings. The third-order valence-corrected chi connectivity index (χ3v) is 4.45. The van der Waals surface area contributed by atoms with Crippen molar-refractivity contribution >= 4 is 29.7 Å². The van der Waals surface area contributed by atoms with Gasteiger partial charge in [0.2, 0.25) is 23.9 Å². The van der Waals surface area contributed by atoms with Gasteiger partial charge in [-0.3, -0.25) is 24.0 Å². The predicted molar refractivity (Wildman–Crippen MR) is 101 cm³/mol. The molecule has 1 fully saturated rings. The van der Waals surface area contributed by atoms with E-state index in [1.54, 1.807) is 0 Å². The zero-order valence-electron chi connectivity index (χ0n) is 18.6. The van der Waals surface area contributed by atoms with Crippen LogP contribution in [0.25, 0.3) is 0 Å². The van der Waals surface area contributed by atoms with Gasteiger partial charge in [0.1, 0.15) is 18.5 Å². The molecule has 6 atom stereocenters. The summed E-state index contributed by atoms with van der Waals surface area (Å²) < 4.78 is 37.6. The van der Waals surface area contributed by atoms with Gasteiger partial charge in [-0.1, -0.05) is 0 Å². The van der Waals surface area contributed by atoms with Crippen molar-refractivity contribution in [3.8, 4) is 0 Å². The van der Waals surface area contributed by atoms with Crippen LogP contribution in [0.3, 0.4) is 0 Å². The maximum Gasteiger partial charge on any atom is 0.303 e. The Balaban J connectivity index is 2.46. The standard InChI is InChI=1S/C20H26O12/c1-8-15(25)16(9(2)27-8)32-20-19(30-13(6)24)18(29-12(5)23)17(28-11(4)22)14(31-20)7-26-10(3)21/h8,14,17-20H,7H2,1-6H3. The van der Waals surface area contributed by atoms with Gasteiger partial charge in [-0.05, 0) is 13.8 Å². The fourth-order valence-electron chi connectivity index (χ4n) is 3.27. The van der Waals surface area contributed by atoms with Crippen LogP contribution in [0, 0.1) is 0 Å². The summed E-state index contributed by atoms with van der Waals surface area (Å²) in [4.78, 5) is 59.0. The molecule has 0 bridgehead atoms. The molecule has 12 nitrogen and oxygen atoms in total. The first-order valence-corrected chi connectivity index (χ1v) is 9.79. The fourth-order valence-corrected chi connectivity index (χ4v) is 3.27. The molecular formula is C20H26O12. The van der Waals surface area contributed by atoms with Crippen molar-refractivity contribution in [2.75, 3.05) is 6.61 Å². The summed E-state index contributed by atoms with van der Waals surface area (Å²) in [5.74, 6) is -3.43. The molecule has 6 unspecified atom stereocenters. The lowest BCUT2D eigenvalue weighted by atomic mass is 9.98. The number of esters is 4. The highest BCUT2D eigenvalue weighted by Crippen LogP contribution is 2.33. The minimum absolute atomic E-state index is 0.168. The Hall–Kier alpha value is -3.15. The highest BCUT2D eigenvalue weighted by Gasteiger charge is 2.54. The van der Waals surface area contributed by atoms with Gasteiger partial charge < -0.3 is 33.2 Å². The monoisotopic (exact) mass is 458 g/mol. The summed E-state index contributed by atoms with van der Waals surface area (Å²) in [6.07, 6.45) is -7.60. The Morgan fingerprint density at radius 3 is 1.84 bits per heavy atom. The molecule has 178 valence electrons. The van der Waals surface area contributed by atoms with Crippen LogP contribution in [0.4, 0.5) is 0 Å². The van der Waals surface area contributed by atoms with Gasteiger partial charge in [-0.15, -0.1) is 0 Å². The smallest absolute Gasteiger partial charge is 0.303 e. The van der Waals surface area contributed by atoms with Gasteiger partial charge in [0.05, 0.1) is 0 Å². The molecule has 0 aromatic carbocycles. The third-order valence-electron chi connectivity index (χ3n) is 4.45. The van der Waals surface area contributed by atoms with Crippen molar-refractivity contribution < 1.29 is 57.1 Å². The minimum Gasteiger partial charge on any atom is -0.483 e. The lowest BCUT2D eigenvalue weighted by Gasteiger charge is -2.43. The van der Waals surface area contributed by atoms with Crippen LogP contribution in [0.1, 0.15) is 41.5 Å². The highest BCUT2D eigenvalue weighted by atomic mass is 16.7. The average molecular weight is 458 g/mol. The second-order valence-corrected chi connectivity index (χ2v) is 7.20. The Morgan fingerprint density at radius 1 is 0.844 bits per heavy atom. The molecule has 0 radical (unpaired) electrons. The largest absolute Gasteiger partial charge is 0.483 e. The van der Waals surface area contributed by atoms with E-state index >= 15 is 0 Å². The van der Waals surface area contributed by atoms with Crippen LogP contribution in [-0.2, 0) is 57.1 Å². The molecule has 12 heteroatoms. The molecule has 0 amide bonds. The van der Waals surface area contributed by atoms with Crippen molar-refractivity contribution in [2.24, 2.45) is 0 Å². The molecule has 2 heterocycles. The zero-order valence-corrected chi connectivity index (χ0v) is 18.6. The molecule has 0 aromatic rings. The van der Waals surface area contributed by atoms with E-state index in [9.17, 15) is 24.0 Å². The van der Waals surface area contributed by atoms with Crippen molar-refractivity contribution in [3.05, 3.63) is 11.5 Å². The van der Waals surface area contributed by atoms with Gasteiger partial charge in [-0.2, -0.15) is 0 Å². The zero-order chi connectivity index (χ0) is 24.2. The molecule has 0 spiro atoms. The maximum atomic E-state index is 12.4. The number of allylic oxidation sites excluding steroid dienone is 1. The highest BCUT2D eigenvalue weighted by molar-refractivity contribution is 5.99. The van der Waals surface area contributed by atoms with E-state index in [4.69, 9.17) is 33.2 Å². The van der Waals surface area contributed by atoms with E-state index in [1.807, 2.05) is 0 Å². The lowest BCUT2D eigenvalue weighted by Crippen LogP contribution is -2.63. The van der Waals surface area contributed by atoms with Gasteiger partial charge in [0.25, 0.3) is 0 Å². The number of hydrogen-bond acceptors (Lipinski definition) is 12. The number of ether oxygens (including phenoxy) is 7. The summed E-state index contributed by atoms with van der Waals surface area (Å²) in [6, 6.07) is 0. The normalized spacial score (nSPS) is 29.6. The fraction of sp³-hybridized carbons (Fsp3) is 0.650. The summed E-state index contributed by atoms with van der Waals surface area (Å²) in [6.45, 7) is 7.09. The average Bonchev–Trinajstić information content (AvgIpc) is 2.89. The number of carbonyl (C=O) groups excluding carboxylic acids is 5. The predicted octanol–water partition coefficient (Wildman–Crippen LogP) is 0.305. The quantitative estimate of drug-likeness (QED) is 0.381. The summed E-state index contributed by atoms with van der Waals surface area (Å²) in [5, 5.41) is 0. The van der Waals surface area contributed by atoms with E-state index in [1.165, 1.54) is 13.8 Å². The number of ketones is 1. The molecule has 0 saturated carbocycles. The van der Waals surface area contributed by atoms with Crippen LogP contribution >= 0.6 is 0 Å². The first kappa shape index (κ1) is 25.1. The van der Waals surface area contributed by atoms with Crippen LogP contribution in [0.5, 0.6) is 0 Å². The summed E-state index contributed by atoms with van der Waals surface area (Å²) in [7, 11) is 0. The number of hydrogen-bond donors (Lipinski definition) is 0. The Kier molecular flexibility index (Phi) is 8.19. The van der Waals surface area contributed by atoms with E-state index in [-0.39, 0.29) is 11.5 Å². The topological polar surface area (TPSA) is 150 Å².